The second-order valence-corrected chi connectivity index (χ2v) is 7.80. The summed E-state index contributed by atoms with van der Waals surface area (Å²) in [5.74, 6) is -1.43. The zero-order valence-electron chi connectivity index (χ0n) is 15.0. The zero-order valence-corrected chi connectivity index (χ0v) is 15.8. The van der Waals surface area contributed by atoms with E-state index in [1.807, 2.05) is 0 Å². The molecule has 1 aromatic carbocycles. The highest BCUT2D eigenvalue weighted by molar-refractivity contribution is 7.93. The van der Waals surface area contributed by atoms with E-state index in [0.717, 1.165) is 11.2 Å². The van der Waals surface area contributed by atoms with Crippen molar-refractivity contribution in [2.24, 2.45) is 0 Å². The van der Waals surface area contributed by atoms with Crippen molar-refractivity contribution in [3.63, 3.8) is 0 Å². The molecule has 1 N–H and O–H groups in total. The molecule has 1 aliphatic rings. The van der Waals surface area contributed by atoms with Gasteiger partial charge in [-0.05, 0) is 18.6 Å². The number of hydrogen-bond donors (Lipinski definition) is 1. The number of furan rings is 1. The predicted molar refractivity (Wildman–Crippen MR) is 96.0 cm³/mol. The van der Waals surface area contributed by atoms with Crippen LogP contribution in [0, 0.1) is 0 Å². The summed E-state index contributed by atoms with van der Waals surface area (Å²) in [7, 11) is -0.785. The van der Waals surface area contributed by atoms with Crippen LogP contribution < -0.4 is 18.5 Å². The molecule has 1 aliphatic heterocycles. The molecule has 146 valence electrons. The standard InChI is InChI=1S/C17H19NO8S/c1-10(19)25-16-14(20)15(13-11(23-2)6-4-7-12(13)24-3)26-17(16)18-8-5-9-27(18,21)22/h4,6-7,20H,5,8-9H2,1-3H3. The summed E-state index contributed by atoms with van der Waals surface area (Å²) in [6.07, 6.45) is 0.386. The zero-order chi connectivity index (χ0) is 19.8. The van der Waals surface area contributed by atoms with E-state index >= 15 is 0 Å². The summed E-state index contributed by atoms with van der Waals surface area (Å²) in [4.78, 5) is 11.5. The summed E-state index contributed by atoms with van der Waals surface area (Å²) in [6.45, 7) is 1.28. The van der Waals surface area contributed by atoms with Gasteiger partial charge < -0.3 is 23.7 Å². The Hall–Kier alpha value is -2.88. The predicted octanol–water partition coefficient (Wildman–Crippen LogP) is 2.13. The van der Waals surface area contributed by atoms with Crippen LogP contribution in [0.1, 0.15) is 13.3 Å². The number of hydrogen-bond acceptors (Lipinski definition) is 8. The fourth-order valence-corrected chi connectivity index (χ4v) is 4.40. The van der Waals surface area contributed by atoms with Gasteiger partial charge >= 0.3 is 5.97 Å². The minimum absolute atomic E-state index is 0.0682. The van der Waals surface area contributed by atoms with E-state index in [4.69, 9.17) is 18.6 Å². The Bertz CT molecular complexity index is 957. The van der Waals surface area contributed by atoms with Crippen LogP contribution in [0.5, 0.6) is 23.0 Å². The summed E-state index contributed by atoms with van der Waals surface area (Å²) >= 11 is 0. The van der Waals surface area contributed by atoms with Gasteiger partial charge in [0.15, 0.2) is 5.76 Å². The number of nitrogens with zero attached hydrogens (tertiary/aromatic N) is 1. The second kappa shape index (κ2) is 7.03. The average Bonchev–Trinajstić information content (AvgIpc) is 3.13. The van der Waals surface area contributed by atoms with E-state index in [1.54, 1.807) is 18.2 Å². The molecule has 10 heteroatoms. The lowest BCUT2D eigenvalue weighted by molar-refractivity contribution is -0.132. The van der Waals surface area contributed by atoms with Crippen LogP contribution in [-0.2, 0) is 14.8 Å². The number of methoxy groups -OCH3 is 2. The van der Waals surface area contributed by atoms with Crippen LogP contribution in [-0.4, -0.2) is 46.0 Å². The maximum absolute atomic E-state index is 12.3. The smallest absolute Gasteiger partial charge is 0.308 e. The minimum atomic E-state index is -3.64. The molecule has 0 radical (unpaired) electrons. The van der Waals surface area contributed by atoms with Crippen molar-refractivity contribution in [2.45, 2.75) is 13.3 Å². The lowest BCUT2D eigenvalue weighted by Crippen LogP contribution is -2.25. The molecular weight excluding hydrogens is 378 g/mol. The van der Waals surface area contributed by atoms with Crippen LogP contribution in [0.4, 0.5) is 5.88 Å². The third-order valence-electron chi connectivity index (χ3n) is 4.05. The van der Waals surface area contributed by atoms with E-state index in [0.29, 0.717) is 17.9 Å². The molecule has 0 unspecified atom stereocenters. The first-order chi connectivity index (χ1) is 12.8. The van der Waals surface area contributed by atoms with E-state index < -0.39 is 21.7 Å². The van der Waals surface area contributed by atoms with Gasteiger partial charge in [0.2, 0.25) is 21.5 Å². The van der Waals surface area contributed by atoms with Crippen LogP contribution >= 0.6 is 0 Å². The van der Waals surface area contributed by atoms with E-state index in [-0.39, 0.29) is 35.3 Å². The first kappa shape index (κ1) is 18.9. The average molecular weight is 397 g/mol. The van der Waals surface area contributed by atoms with Gasteiger partial charge in [-0.1, -0.05) is 6.07 Å². The quantitative estimate of drug-likeness (QED) is 0.763. The van der Waals surface area contributed by atoms with Crippen LogP contribution in [0.2, 0.25) is 0 Å². The Labute approximate surface area is 156 Å². The van der Waals surface area contributed by atoms with Crippen LogP contribution in [0.15, 0.2) is 22.6 Å². The molecule has 1 saturated heterocycles. The van der Waals surface area contributed by atoms with Gasteiger partial charge in [0.1, 0.15) is 17.1 Å². The molecule has 2 heterocycles. The summed E-state index contributed by atoms with van der Waals surface area (Å²) in [5.41, 5.74) is 0.260. The van der Waals surface area contributed by atoms with Crippen molar-refractivity contribution < 1.29 is 36.9 Å². The Morgan fingerprint density at radius 3 is 2.33 bits per heavy atom. The lowest BCUT2D eigenvalue weighted by atomic mass is 10.1. The molecule has 3 rings (SSSR count). The number of ether oxygens (including phenoxy) is 3. The number of sulfonamides is 1. The van der Waals surface area contributed by atoms with Gasteiger partial charge in [-0.2, -0.15) is 0 Å². The van der Waals surface area contributed by atoms with E-state index in [2.05, 4.69) is 0 Å². The van der Waals surface area contributed by atoms with Gasteiger partial charge in [0, 0.05) is 13.5 Å². The van der Waals surface area contributed by atoms with Crippen molar-refractivity contribution in [1.29, 1.82) is 0 Å². The molecule has 0 aliphatic carbocycles. The number of aromatic hydroxyl groups is 1. The minimum Gasteiger partial charge on any atom is -0.502 e. The number of carbonyl (C=O) groups is 1. The van der Waals surface area contributed by atoms with Crippen molar-refractivity contribution in [3.05, 3.63) is 18.2 Å². The van der Waals surface area contributed by atoms with Gasteiger partial charge in [-0.15, -0.1) is 0 Å². The SMILES string of the molecule is COc1cccc(OC)c1-c1oc(N2CCCS2(=O)=O)c(OC(C)=O)c1O. The van der Waals surface area contributed by atoms with Gasteiger partial charge in [-0.25, -0.2) is 12.7 Å². The second-order valence-electron chi connectivity index (χ2n) is 5.79. The van der Waals surface area contributed by atoms with Crippen LogP contribution in [0.25, 0.3) is 11.3 Å². The molecule has 0 atom stereocenters. The summed E-state index contributed by atoms with van der Waals surface area (Å²) in [6, 6.07) is 4.93. The number of anilines is 1. The Morgan fingerprint density at radius 2 is 1.85 bits per heavy atom. The van der Waals surface area contributed by atoms with Crippen LogP contribution in [0.3, 0.4) is 0 Å². The molecular formula is C17H19NO8S. The fourth-order valence-electron chi connectivity index (χ4n) is 2.91. The molecule has 1 aromatic heterocycles. The van der Waals surface area contributed by atoms with Gasteiger partial charge in [0.25, 0.3) is 5.88 Å². The summed E-state index contributed by atoms with van der Waals surface area (Å²) in [5, 5.41) is 10.7. The van der Waals surface area contributed by atoms with Crippen molar-refractivity contribution >= 4 is 21.9 Å². The molecule has 1 fully saturated rings. The monoisotopic (exact) mass is 397 g/mol. The normalized spacial score (nSPS) is 15.6. The third-order valence-corrected chi connectivity index (χ3v) is 5.87. The van der Waals surface area contributed by atoms with Crippen molar-refractivity contribution in [3.8, 4) is 34.3 Å². The molecule has 0 saturated carbocycles. The highest BCUT2D eigenvalue weighted by Gasteiger charge is 2.38. The third kappa shape index (κ3) is 3.27. The van der Waals surface area contributed by atoms with E-state index in [9.17, 15) is 18.3 Å². The number of benzene rings is 1. The van der Waals surface area contributed by atoms with Crippen molar-refractivity contribution in [2.75, 3.05) is 30.8 Å². The Morgan fingerprint density at radius 1 is 1.22 bits per heavy atom. The molecule has 0 spiro atoms. The number of rotatable bonds is 5. The lowest BCUT2D eigenvalue weighted by Gasteiger charge is -2.14. The van der Waals surface area contributed by atoms with Gasteiger partial charge in [0.05, 0.1) is 20.0 Å². The largest absolute Gasteiger partial charge is 0.502 e. The number of esters is 1. The van der Waals surface area contributed by atoms with E-state index in [1.165, 1.54) is 14.2 Å². The molecule has 0 amide bonds. The highest BCUT2D eigenvalue weighted by Crippen LogP contribution is 2.53. The topological polar surface area (TPSA) is 116 Å². The maximum Gasteiger partial charge on any atom is 0.308 e. The summed E-state index contributed by atoms with van der Waals surface area (Å²) < 4.78 is 46.9. The molecule has 2 aromatic rings. The maximum atomic E-state index is 12.3. The molecule has 0 bridgehead atoms. The Kier molecular flexibility index (Phi) is 4.92. The Balaban J connectivity index is 2.27. The first-order valence-electron chi connectivity index (χ1n) is 8.06. The first-order valence-corrected chi connectivity index (χ1v) is 9.67. The number of carbonyl (C=O) groups excluding carboxylic acids is 1. The molecule has 27 heavy (non-hydrogen) atoms. The molecule has 9 nitrogen and oxygen atoms in total. The fraction of sp³-hybridized carbons (Fsp3) is 0.353. The highest BCUT2D eigenvalue weighted by atomic mass is 32.2. The van der Waals surface area contributed by atoms with Gasteiger partial charge in [-0.3, -0.25) is 4.79 Å². The van der Waals surface area contributed by atoms with Crippen molar-refractivity contribution in [1.82, 2.24) is 0 Å².